The van der Waals surface area contributed by atoms with Crippen molar-refractivity contribution in [2.75, 3.05) is 6.61 Å². The van der Waals surface area contributed by atoms with E-state index in [1.54, 1.807) is 13.8 Å². The molecule has 0 aromatic heterocycles. The Hall–Kier alpha value is -0.530. The molecule has 0 bridgehead atoms. The van der Waals surface area contributed by atoms with Crippen LogP contribution in [-0.2, 0) is 9.63 Å². The van der Waals surface area contributed by atoms with Crippen molar-refractivity contribution in [3.05, 3.63) is 0 Å². The lowest BCUT2D eigenvalue weighted by Gasteiger charge is -2.14. The van der Waals surface area contributed by atoms with Gasteiger partial charge in [0.15, 0.2) is 0 Å². The maximum atomic E-state index is 11.0. The van der Waals surface area contributed by atoms with E-state index in [1.807, 2.05) is 0 Å². The van der Waals surface area contributed by atoms with E-state index in [0.29, 0.717) is 0 Å². The van der Waals surface area contributed by atoms with Crippen LogP contribution in [0.25, 0.3) is 0 Å². The van der Waals surface area contributed by atoms with E-state index in [1.165, 1.54) is 0 Å². The highest BCUT2D eigenvalue weighted by Gasteiger charge is 2.23. The third-order valence-corrected chi connectivity index (χ3v) is 1.22. The average Bonchev–Trinajstić information content (AvgIpc) is 1.86. The second-order valence-electron chi connectivity index (χ2n) is 2.40. The molecule has 0 atom stereocenters. The number of alkyl halides is 1. The molecule has 0 unspecified atom stereocenters. The first-order valence-corrected chi connectivity index (χ1v) is 3.82. The fourth-order valence-corrected chi connectivity index (χ4v) is 0.346. The highest BCUT2D eigenvalue weighted by molar-refractivity contribution is 9.10. The van der Waals surface area contributed by atoms with E-state index in [-0.39, 0.29) is 12.5 Å². The van der Waals surface area contributed by atoms with Crippen LogP contribution in [0.3, 0.4) is 0 Å². The highest BCUT2D eigenvalue weighted by atomic mass is 79.9. The van der Waals surface area contributed by atoms with Gasteiger partial charge in [0, 0.05) is 0 Å². The molecule has 0 aromatic carbocycles. The molecule has 0 heterocycles. The Morgan fingerprint density at radius 1 is 1.82 bits per heavy atom. The summed E-state index contributed by atoms with van der Waals surface area (Å²) in [5.74, 6) is 1.97. The summed E-state index contributed by atoms with van der Waals surface area (Å²) in [5.41, 5.74) is 2.20. The number of nitrogens with one attached hydrogen (secondary N) is 1. The molecule has 3 nitrogen and oxygen atoms in total. The maximum Gasteiger partial charge on any atom is 0.259 e. The molecular weight excluding hydrogens is 210 g/mol. The van der Waals surface area contributed by atoms with Crippen molar-refractivity contribution in [2.45, 2.75) is 18.2 Å². The van der Waals surface area contributed by atoms with Gasteiger partial charge in [0.1, 0.15) is 10.9 Å². The Morgan fingerprint density at radius 2 is 2.36 bits per heavy atom. The largest absolute Gasteiger partial charge is 0.271 e. The third kappa shape index (κ3) is 4.82. The van der Waals surface area contributed by atoms with Crippen molar-refractivity contribution in [3.8, 4) is 12.3 Å². The molecule has 0 rings (SSSR count). The van der Waals surface area contributed by atoms with Gasteiger partial charge in [0.2, 0.25) is 0 Å². The topological polar surface area (TPSA) is 38.3 Å². The maximum absolute atomic E-state index is 11.0. The van der Waals surface area contributed by atoms with Crippen LogP contribution in [0.5, 0.6) is 0 Å². The number of hydrogen-bond donors (Lipinski definition) is 1. The summed E-state index contributed by atoms with van der Waals surface area (Å²) < 4.78 is -0.623. The van der Waals surface area contributed by atoms with Crippen LogP contribution < -0.4 is 5.48 Å². The molecular formula is C7H10BrNO2. The normalized spacial score (nSPS) is 10.4. The second kappa shape index (κ2) is 4.37. The Labute approximate surface area is 74.6 Å². The minimum Gasteiger partial charge on any atom is -0.271 e. The Balaban J connectivity index is 3.64. The van der Waals surface area contributed by atoms with Gasteiger partial charge in [0.25, 0.3) is 5.91 Å². The highest BCUT2D eigenvalue weighted by Crippen LogP contribution is 2.14. The minimum atomic E-state index is -0.623. The van der Waals surface area contributed by atoms with Gasteiger partial charge in [-0.3, -0.25) is 9.63 Å². The SMILES string of the molecule is C#CCONC(=O)C(C)(C)Br. The van der Waals surface area contributed by atoms with Gasteiger partial charge in [-0.2, -0.15) is 0 Å². The third-order valence-electron chi connectivity index (χ3n) is 0.860. The smallest absolute Gasteiger partial charge is 0.259 e. The van der Waals surface area contributed by atoms with Crippen LogP contribution in [0, 0.1) is 12.3 Å². The minimum absolute atomic E-state index is 0.0782. The van der Waals surface area contributed by atoms with Crippen LogP contribution in [-0.4, -0.2) is 16.8 Å². The Morgan fingerprint density at radius 3 is 2.73 bits per heavy atom. The van der Waals surface area contributed by atoms with Gasteiger partial charge >= 0.3 is 0 Å². The van der Waals surface area contributed by atoms with E-state index in [4.69, 9.17) is 6.42 Å². The standard InChI is InChI=1S/C7H10BrNO2/c1-4-5-11-9-6(10)7(2,3)8/h1H,5H2,2-3H3,(H,9,10). The molecule has 0 spiro atoms. The first-order valence-electron chi connectivity index (χ1n) is 3.03. The number of carbonyl (C=O) groups excluding carboxylic acids is 1. The van der Waals surface area contributed by atoms with E-state index in [9.17, 15) is 4.79 Å². The number of terminal acetylenes is 1. The van der Waals surface area contributed by atoms with Gasteiger partial charge in [-0.25, -0.2) is 5.48 Å². The van der Waals surface area contributed by atoms with Crippen LogP contribution in [0.2, 0.25) is 0 Å². The van der Waals surface area contributed by atoms with Gasteiger partial charge in [0.05, 0.1) is 0 Å². The summed E-state index contributed by atoms with van der Waals surface area (Å²) in [6.07, 6.45) is 4.89. The molecule has 0 aliphatic rings. The fourth-order valence-electron chi connectivity index (χ4n) is 0.265. The van der Waals surface area contributed by atoms with Crippen molar-refractivity contribution in [2.24, 2.45) is 0 Å². The molecule has 4 heteroatoms. The van der Waals surface area contributed by atoms with Gasteiger partial charge < -0.3 is 0 Å². The van der Waals surface area contributed by atoms with Crippen molar-refractivity contribution in [3.63, 3.8) is 0 Å². The Kier molecular flexibility index (Phi) is 4.16. The number of hydroxylamine groups is 1. The van der Waals surface area contributed by atoms with Crippen molar-refractivity contribution in [1.82, 2.24) is 5.48 Å². The van der Waals surface area contributed by atoms with Crippen LogP contribution in [0.15, 0.2) is 0 Å². The fraction of sp³-hybridized carbons (Fsp3) is 0.571. The summed E-state index contributed by atoms with van der Waals surface area (Å²) in [6, 6.07) is 0. The average molecular weight is 220 g/mol. The lowest BCUT2D eigenvalue weighted by Crippen LogP contribution is -2.37. The molecule has 0 aliphatic carbocycles. The van der Waals surface area contributed by atoms with Gasteiger partial charge in [-0.15, -0.1) is 6.42 Å². The number of halogens is 1. The molecule has 0 aliphatic heterocycles. The monoisotopic (exact) mass is 219 g/mol. The van der Waals surface area contributed by atoms with E-state index >= 15 is 0 Å². The second-order valence-corrected chi connectivity index (χ2v) is 4.38. The van der Waals surface area contributed by atoms with Crippen molar-refractivity contribution >= 4 is 21.8 Å². The predicted octanol–water partition coefficient (Wildman–Crippen LogP) is 0.841. The molecule has 0 saturated heterocycles. The number of hydrogen-bond acceptors (Lipinski definition) is 2. The molecule has 11 heavy (non-hydrogen) atoms. The van der Waals surface area contributed by atoms with E-state index in [2.05, 4.69) is 32.2 Å². The van der Waals surface area contributed by atoms with E-state index in [0.717, 1.165) is 0 Å². The summed E-state index contributed by atoms with van der Waals surface area (Å²) in [6.45, 7) is 3.50. The lowest BCUT2D eigenvalue weighted by molar-refractivity contribution is -0.133. The molecule has 0 saturated carbocycles. The molecule has 0 radical (unpaired) electrons. The molecule has 0 aromatic rings. The van der Waals surface area contributed by atoms with Crippen LogP contribution in [0.4, 0.5) is 0 Å². The first-order chi connectivity index (χ1) is 4.98. The Bertz CT molecular complexity index is 178. The van der Waals surface area contributed by atoms with Gasteiger partial charge in [-0.1, -0.05) is 21.9 Å². The van der Waals surface area contributed by atoms with Gasteiger partial charge in [-0.05, 0) is 13.8 Å². The summed E-state index contributed by atoms with van der Waals surface area (Å²) in [5, 5.41) is 0. The predicted molar refractivity (Wildman–Crippen MR) is 45.9 cm³/mol. The number of amides is 1. The van der Waals surface area contributed by atoms with Crippen molar-refractivity contribution in [1.29, 1.82) is 0 Å². The first kappa shape index (κ1) is 10.5. The molecule has 1 amide bonds. The number of rotatable bonds is 3. The molecule has 1 N–H and O–H groups in total. The summed E-state index contributed by atoms with van der Waals surface area (Å²) in [4.78, 5) is 15.6. The zero-order chi connectivity index (χ0) is 8.91. The molecule has 0 fully saturated rings. The zero-order valence-corrected chi connectivity index (χ0v) is 8.06. The van der Waals surface area contributed by atoms with Crippen LogP contribution >= 0.6 is 15.9 Å². The summed E-state index contributed by atoms with van der Waals surface area (Å²) >= 11 is 3.15. The van der Waals surface area contributed by atoms with Crippen molar-refractivity contribution < 1.29 is 9.63 Å². The van der Waals surface area contributed by atoms with E-state index < -0.39 is 4.32 Å². The zero-order valence-electron chi connectivity index (χ0n) is 6.48. The summed E-state index contributed by atoms with van der Waals surface area (Å²) in [7, 11) is 0. The number of carbonyl (C=O) groups is 1. The quantitative estimate of drug-likeness (QED) is 0.331. The molecule has 62 valence electrons. The lowest BCUT2D eigenvalue weighted by atomic mass is 10.2. The van der Waals surface area contributed by atoms with Crippen LogP contribution in [0.1, 0.15) is 13.8 Å².